The second-order valence-electron chi connectivity index (χ2n) is 6.99. The molecule has 2 unspecified atom stereocenters. The molecule has 2 rings (SSSR count). The molecule has 5 heteroatoms. The molecule has 2 fully saturated rings. The van der Waals surface area contributed by atoms with Crippen molar-refractivity contribution in [2.45, 2.75) is 82.8 Å². The van der Waals surface area contributed by atoms with Crippen LogP contribution in [0.3, 0.4) is 0 Å². The van der Waals surface area contributed by atoms with E-state index in [1.54, 1.807) is 11.9 Å². The number of rotatable bonds is 2. The van der Waals surface area contributed by atoms with Gasteiger partial charge in [-0.25, -0.2) is 0 Å². The Bertz CT molecular complexity index is 361. The molecule has 2 saturated carbocycles. The predicted molar refractivity (Wildman–Crippen MR) is 80.4 cm³/mol. The first kappa shape index (κ1) is 17.6. The van der Waals surface area contributed by atoms with E-state index < -0.39 is 18.0 Å². The van der Waals surface area contributed by atoms with Crippen LogP contribution in [-0.2, 0) is 4.79 Å². The molecule has 1 amide bonds. The maximum absolute atomic E-state index is 13.2. The molecule has 0 heterocycles. The average molecular weight is 319 g/mol. The van der Waals surface area contributed by atoms with Crippen LogP contribution in [0.2, 0.25) is 0 Å². The molecular weight excluding hydrogens is 291 g/mol. The van der Waals surface area contributed by atoms with Crippen LogP contribution in [0, 0.1) is 11.8 Å². The minimum Gasteiger partial charge on any atom is -0.343 e. The number of halogens is 3. The Kier molecular flexibility index (Phi) is 6.16. The van der Waals surface area contributed by atoms with E-state index in [-0.39, 0.29) is 18.4 Å². The van der Waals surface area contributed by atoms with Crippen molar-refractivity contribution in [2.24, 2.45) is 11.8 Å². The van der Waals surface area contributed by atoms with Crippen LogP contribution in [0.15, 0.2) is 0 Å². The summed E-state index contributed by atoms with van der Waals surface area (Å²) < 4.78 is 39.6. The summed E-state index contributed by atoms with van der Waals surface area (Å²) in [5, 5.41) is 0. The molecule has 0 bridgehead atoms. The standard InChI is InChI=1S/C17H28F3NO/c1-21(13-9-5-3-2-4-6-10-13)16(22)14-11-7-8-12-15(14)17(18,19)20/h13-15H,2-12H2,1H3. The number of amides is 1. The maximum atomic E-state index is 13.2. The third-order valence-electron chi connectivity index (χ3n) is 5.47. The topological polar surface area (TPSA) is 20.3 Å². The van der Waals surface area contributed by atoms with E-state index in [1.807, 2.05) is 0 Å². The summed E-state index contributed by atoms with van der Waals surface area (Å²) >= 11 is 0. The van der Waals surface area contributed by atoms with Gasteiger partial charge in [0.2, 0.25) is 5.91 Å². The van der Waals surface area contributed by atoms with Crippen LogP contribution in [0.1, 0.15) is 70.6 Å². The van der Waals surface area contributed by atoms with E-state index in [1.165, 1.54) is 19.3 Å². The minimum absolute atomic E-state index is 0.110. The normalized spacial score (nSPS) is 28.7. The second-order valence-corrected chi connectivity index (χ2v) is 6.99. The average Bonchev–Trinajstić information content (AvgIpc) is 2.44. The lowest BCUT2D eigenvalue weighted by Gasteiger charge is -2.37. The summed E-state index contributed by atoms with van der Waals surface area (Å²) in [5.41, 5.74) is 0. The highest BCUT2D eigenvalue weighted by Gasteiger charge is 2.49. The van der Waals surface area contributed by atoms with Gasteiger partial charge in [0.25, 0.3) is 0 Å². The molecular formula is C17H28F3NO. The monoisotopic (exact) mass is 319 g/mol. The highest BCUT2D eigenvalue weighted by atomic mass is 19.4. The van der Waals surface area contributed by atoms with Crippen molar-refractivity contribution in [3.63, 3.8) is 0 Å². The zero-order chi connectivity index (χ0) is 16.2. The van der Waals surface area contributed by atoms with E-state index in [0.717, 1.165) is 32.1 Å². The lowest BCUT2D eigenvalue weighted by molar-refractivity contribution is -0.201. The number of hydrogen-bond acceptors (Lipinski definition) is 1. The zero-order valence-electron chi connectivity index (χ0n) is 13.5. The molecule has 0 saturated heterocycles. The molecule has 0 radical (unpaired) electrons. The highest BCUT2D eigenvalue weighted by molar-refractivity contribution is 5.79. The lowest BCUT2D eigenvalue weighted by Crippen LogP contribution is -2.46. The van der Waals surface area contributed by atoms with Crippen molar-refractivity contribution >= 4 is 5.91 Å². The SMILES string of the molecule is CN(C(=O)C1CCCCC1C(F)(F)F)C1CCCCCCC1. The van der Waals surface area contributed by atoms with Gasteiger partial charge in [-0.3, -0.25) is 4.79 Å². The Balaban J connectivity index is 2.03. The molecule has 2 aliphatic rings. The third-order valence-corrected chi connectivity index (χ3v) is 5.47. The molecule has 2 nitrogen and oxygen atoms in total. The smallest absolute Gasteiger partial charge is 0.343 e. The maximum Gasteiger partial charge on any atom is 0.392 e. The Morgan fingerprint density at radius 1 is 0.864 bits per heavy atom. The summed E-state index contributed by atoms with van der Waals surface area (Å²) in [4.78, 5) is 14.3. The van der Waals surface area contributed by atoms with Crippen molar-refractivity contribution in [2.75, 3.05) is 7.05 Å². The summed E-state index contributed by atoms with van der Waals surface area (Å²) in [6, 6.07) is 0.128. The molecule has 0 N–H and O–H groups in total. The van der Waals surface area contributed by atoms with Crippen molar-refractivity contribution in [1.82, 2.24) is 4.90 Å². The zero-order valence-corrected chi connectivity index (χ0v) is 13.5. The van der Waals surface area contributed by atoms with Crippen molar-refractivity contribution in [1.29, 1.82) is 0 Å². The van der Waals surface area contributed by atoms with E-state index >= 15 is 0 Å². The molecule has 0 aromatic rings. The van der Waals surface area contributed by atoms with Crippen LogP contribution in [0.25, 0.3) is 0 Å². The lowest BCUT2D eigenvalue weighted by atomic mass is 9.77. The number of alkyl halides is 3. The molecule has 2 atom stereocenters. The molecule has 0 aliphatic heterocycles. The van der Waals surface area contributed by atoms with E-state index in [9.17, 15) is 18.0 Å². The molecule has 0 aromatic heterocycles. The molecule has 2 aliphatic carbocycles. The van der Waals surface area contributed by atoms with Crippen molar-refractivity contribution in [3.05, 3.63) is 0 Å². The summed E-state index contributed by atoms with van der Waals surface area (Å²) in [6.07, 6.45) is 5.19. The molecule has 128 valence electrons. The van der Waals surface area contributed by atoms with Gasteiger partial charge in [0.1, 0.15) is 0 Å². The van der Waals surface area contributed by atoms with Gasteiger partial charge in [-0.1, -0.05) is 44.9 Å². The number of carbonyl (C=O) groups excluding carboxylic acids is 1. The van der Waals surface area contributed by atoms with Crippen LogP contribution >= 0.6 is 0 Å². The molecule has 0 spiro atoms. The van der Waals surface area contributed by atoms with Gasteiger partial charge < -0.3 is 4.90 Å². The Morgan fingerprint density at radius 3 is 1.95 bits per heavy atom. The van der Waals surface area contributed by atoms with Gasteiger partial charge >= 0.3 is 6.18 Å². The first-order chi connectivity index (χ1) is 10.4. The summed E-state index contributed by atoms with van der Waals surface area (Å²) in [5.74, 6) is -2.57. The Hall–Kier alpha value is -0.740. The van der Waals surface area contributed by atoms with Crippen LogP contribution in [0.5, 0.6) is 0 Å². The van der Waals surface area contributed by atoms with Crippen molar-refractivity contribution < 1.29 is 18.0 Å². The van der Waals surface area contributed by atoms with Gasteiger partial charge in [0.15, 0.2) is 0 Å². The fraction of sp³-hybridized carbons (Fsp3) is 0.941. The summed E-state index contributed by atoms with van der Waals surface area (Å²) in [7, 11) is 1.72. The largest absolute Gasteiger partial charge is 0.392 e. The van der Waals surface area contributed by atoms with Crippen LogP contribution < -0.4 is 0 Å². The van der Waals surface area contributed by atoms with Gasteiger partial charge in [0.05, 0.1) is 5.92 Å². The van der Waals surface area contributed by atoms with Gasteiger partial charge in [0, 0.05) is 19.0 Å². The van der Waals surface area contributed by atoms with Crippen molar-refractivity contribution in [3.8, 4) is 0 Å². The molecule has 0 aromatic carbocycles. The fourth-order valence-electron chi connectivity index (χ4n) is 4.08. The quantitative estimate of drug-likeness (QED) is 0.707. The third kappa shape index (κ3) is 4.39. The van der Waals surface area contributed by atoms with Crippen LogP contribution in [0.4, 0.5) is 13.2 Å². The predicted octanol–water partition coefficient (Wildman–Crippen LogP) is 4.93. The van der Waals surface area contributed by atoms with Gasteiger partial charge in [-0.05, 0) is 25.7 Å². The van der Waals surface area contributed by atoms with Gasteiger partial charge in [-0.15, -0.1) is 0 Å². The fourth-order valence-corrected chi connectivity index (χ4v) is 4.08. The summed E-state index contributed by atoms with van der Waals surface area (Å²) in [6.45, 7) is 0. The number of hydrogen-bond donors (Lipinski definition) is 0. The van der Waals surface area contributed by atoms with Gasteiger partial charge in [-0.2, -0.15) is 13.2 Å². The van der Waals surface area contributed by atoms with E-state index in [4.69, 9.17) is 0 Å². The number of carbonyl (C=O) groups is 1. The Labute approximate surface area is 131 Å². The number of nitrogens with zero attached hydrogens (tertiary/aromatic N) is 1. The first-order valence-corrected chi connectivity index (χ1v) is 8.74. The first-order valence-electron chi connectivity index (χ1n) is 8.74. The highest BCUT2D eigenvalue weighted by Crippen LogP contribution is 2.42. The Morgan fingerprint density at radius 2 is 1.36 bits per heavy atom. The van der Waals surface area contributed by atoms with Crippen LogP contribution in [-0.4, -0.2) is 30.1 Å². The molecule has 22 heavy (non-hydrogen) atoms. The van der Waals surface area contributed by atoms with E-state index in [2.05, 4.69) is 0 Å². The second kappa shape index (κ2) is 7.69. The minimum atomic E-state index is -4.25. The van der Waals surface area contributed by atoms with E-state index in [0.29, 0.717) is 12.8 Å².